The molecule has 9 nitrogen and oxygen atoms in total. The smallest absolute Gasteiger partial charge is 0.257 e. The van der Waals surface area contributed by atoms with Crippen molar-refractivity contribution in [3.63, 3.8) is 0 Å². The zero-order valence-corrected chi connectivity index (χ0v) is 17.3. The second-order valence-corrected chi connectivity index (χ2v) is 8.29. The Morgan fingerprint density at radius 2 is 2.00 bits per heavy atom. The van der Waals surface area contributed by atoms with E-state index >= 15 is 0 Å². The summed E-state index contributed by atoms with van der Waals surface area (Å²) in [6.07, 6.45) is 1.61. The molecule has 30 heavy (non-hydrogen) atoms. The number of benzene rings is 1. The summed E-state index contributed by atoms with van der Waals surface area (Å²) in [5.41, 5.74) is 0.943. The van der Waals surface area contributed by atoms with Crippen molar-refractivity contribution >= 4 is 39.1 Å². The third-order valence-electron chi connectivity index (χ3n) is 3.94. The summed E-state index contributed by atoms with van der Waals surface area (Å²) in [5, 5.41) is 9.89. The molecular formula is C17H18ClF2N7O2S. The Bertz CT molecular complexity index is 1120. The Hall–Kier alpha value is -2.83. The first-order valence-electron chi connectivity index (χ1n) is 8.64. The van der Waals surface area contributed by atoms with Crippen LogP contribution in [0.15, 0.2) is 47.8 Å². The molecule has 0 amide bonds. The normalized spacial score (nSPS) is 11.6. The van der Waals surface area contributed by atoms with Crippen molar-refractivity contribution in [2.75, 3.05) is 17.7 Å². The van der Waals surface area contributed by atoms with Crippen molar-refractivity contribution in [2.45, 2.75) is 24.4 Å². The van der Waals surface area contributed by atoms with E-state index in [4.69, 9.17) is 11.6 Å². The predicted molar refractivity (Wildman–Crippen MR) is 109 cm³/mol. The third-order valence-corrected chi connectivity index (χ3v) is 5.73. The van der Waals surface area contributed by atoms with Crippen LogP contribution in [0.25, 0.3) is 0 Å². The number of nitrogens with zero attached hydrogens (tertiary/aromatic N) is 4. The maximum absolute atomic E-state index is 12.4. The van der Waals surface area contributed by atoms with Gasteiger partial charge in [-0.25, -0.2) is 26.9 Å². The molecule has 0 fully saturated rings. The molecule has 0 aliphatic rings. The minimum atomic E-state index is -3.63. The zero-order valence-electron chi connectivity index (χ0n) is 15.7. The molecule has 0 spiro atoms. The van der Waals surface area contributed by atoms with Gasteiger partial charge in [-0.2, -0.15) is 10.1 Å². The number of rotatable bonds is 9. The average Bonchev–Trinajstić information content (AvgIpc) is 3.14. The largest absolute Gasteiger partial charge is 0.365 e. The molecular weight excluding hydrogens is 440 g/mol. The summed E-state index contributed by atoms with van der Waals surface area (Å²) < 4.78 is 52.6. The molecule has 0 radical (unpaired) electrons. The average molecular weight is 458 g/mol. The van der Waals surface area contributed by atoms with Crippen LogP contribution in [-0.2, 0) is 23.1 Å². The van der Waals surface area contributed by atoms with Crippen molar-refractivity contribution in [1.82, 2.24) is 24.5 Å². The van der Waals surface area contributed by atoms with Crippen LogP contribution < -0.4 is 15.4 Å². The molecule has 0 saturated heterocycles. The highest BCUT2D eigenvalue weighted by molar-refractivity contribution is 7.89. The maximum Gasteiger partial charge on any atom is 0.257 e. The van der Waals surface area contributed by atoms with Crippen LogP contribution in [0, 0.1) is 0 Å². The zero-order chi connectivity index (χ0) is 21.7. The Labute approximate surface area is 176 Å². The first-order valence-corrected chi connectivity index (χ1v) is 10.5. The van der Waals surface area contributed by atoms with Gasteiger partial charge in [-0.3, -0.25) is 4.68 Å². The second-order valence-electron chi connectivity index (χ2n) is 6.03. The van der Waals surface area contributed by atoms with Gasteiger partial charge in [-0.15, -0.1) is 0 Å². The summed E-state index contributed by atoms with van der Waals surface area (Å²) in [6.45, 7) is -0.384. The van der Waals surface area contributed by atoms with E-state index < -0.39 is 23.0 Å². The molecule has 0 unspecified atom stereocenters. The minimum Gasteiger partial charge on any atom is -0.365 e. The lowest BCUT2D eigenvalue weighted by Crippen LogP contribution is -2.20. The van der Waals surface area contributed by atoms with E-state index in [-0.39, 0.29) is 28.2 Å². The molecule has 0 bridgehead atoms. The Balaban J connectivity index is 1.75. The standard InChI is InChI=1S/C17H18ClF2N7O2S/c1-21-30(28,29)14-5-3-2-4-11(14)6-22-16-13(18)8-23-17(26-16)25-12-7-24-27(9-12)10-15(19)20/h2-5,7-9,15,21H,6,10H2,1H3,(H2,22,23,25,26). The van der Waals surface area contributed by atoms with Crippen LogP contribution in [0.3, 0.4) is 0 Å². The van der Waals surface area contributed by atoms with Crippen molar-refractivity contribution in [3.8, 4) is 0 Å². The van der Waals surface area contributed by atoms with Gasteiger partial charge in [0, 0.05) is 12.7 Å². The lowest BCUT2D eigenvalue weighted by atomic mass is 10.2. The number of sulfonamides is 1. The van der Waals surface area contributed by atoms with Gasteiger partial charge in [0.05, 0.1) is 23.0 Å². The van der Waals surface area contributed by atoms with Crippen LogP contribution in [-0.4, -0.2) is 41.6 Å². The quantitative estimate of drug-likeness (QED) is 0.452. The summed E-state index contributed by atoms with van der Waals surface area (Å²) in [4.78, 5) is 8.43. The fourth-order valence-corrected chi connectivity index (χ4v) is 3.67. The van der Waals surface area contributed by atoms with E-state index in [1.54, 1.807) is 18.2 Å². The van der Waals surface area contributed by atoms with Crippen LogP contribution in [0.4, 0.5) is 26.2 Å². The topological polar surface area (TPSA) is 114 Å². The van der Waals surface area contributed by atoms with Gasteiger partial charge in [0.2, 0.25) is 16.0 Å². The summed E-state index contributed by atoms with van der Waals surface area (Å²) in [7, 11) is -2.29. The van der Waals surface area contributed by atoms with Gasteiger partial charge in [0.1, 0.15) is 11.6 Å². The van der Waals surface area contributed by atoms with E-state index in [9.17, 15) is 17.2 Å². The molecule has 2 aromatic heterocycles. The Morgan fingerprint density at radius 1 is 1.23 bits per heavy atom. The molecule has 3 N–H and O–H groups in total. The van der Waals surface area contributed by atoms with E-state index in [1.165, 1.54) is 31.7 Å². The molecule has 0 saturated carbocycles. The van der Waals surface area contributed by atoms with Crippen LogP contribution in [0.1, 0.15) is 5.56 Å². The molecule has 0 atom stereocenters. The highest BCUT2D eigenvalue weighted by Gasteiger charge is 2.16. The van der Waals surface area contributed by atoms with Crippen LogP contribution >= 0.6 is 11.6 Å². The molecule has 0 aliphatic heterocycles. The lowest BCUT2D eigenvalue weighted by molar-refractivity contribution is 0.122. The highest BCUT2D eigenvalue weighted by Crippen LogP contribution is 2.23. The summed E-state index contributed by atoms with van der Waals surface area (Å²) >= 11 is 6.14. The second kappa shape index (κ2) is 9.32. The Kier molecular flexibility index (Phi) is 6.80. The van der Waals surface area contributed by atoms with E-state index in [0.717, 1.165) is 4.68 Å². The first-order chi connectivity index (χ1) is 14.3. The molecule has 160 valence electrons. The lowest BCUT2D eigenvalue weighted by Gasteiger charge is -2.12. The van der Waals surface area contributed by atoms with Crippen LogP contribution in [0.2, 0.25) is 5.02 Å². The monoisotopic (exact) mass is 457 g/mol. The van der Waals surface area contributed by atoms with Gasteiger partial charge >= 0.3 is 0 Å². The molecule has 2 heterocycles. The van der Waals surface area contributed by atoms with Gasteiger partial charge in [0.25, 0.3) is 6.43 Å². The number of anilines is 3. The number of aromatic nitrogens is 4. The number of nitrogens with one attached hydrogen (secondary N) is 3. The number of hydrogen-bond donors (Lipinski definition) is 3. The molecule has 3 rings (SSSR count). The van der Waals surface area contributed by atoms with Gasteiger partial charge in [-0.05, 0) is 18.7 Å². The molecule has 0 aliphatic carbocycles. The number of hydrogen-bond acceptors (Lipinski definition) is 7. The minimum absolute atomic E-state index is 0.134. The summed E-state index contributed by atoms with van der Waals surface area (Å²) in [6, 6.07) is 6.51. The number of alkyl halides is 2. The van der Waals surface area contributed by atoms with Gasteiger partial charge in [-0.1, -0.05) is 29.8 Å². The van der Waals surface area contributed by atoms with Crippen molar-refractivity contribution < 1.29 is 17.2 Å². The predicted octanol–water partition coefficient (Wildman–Crippen LogP) is 2.86. The van der Waals surface area contributed by atoms with Gasteiger partial charge in [0.15, 0.2) is 5.82 Å². The van der Waals surface area contributed by atoms with Crippen molar-refractivity contribution in [2.24, 2.45) is 0 Å². The molecule has 1 aromatic carbocycles. The fourth-order valence-electron chi connectivity index (χ4n) is 2.55. The molecule has 13 heteroatoms. The highest BCUT2D eigenvalue weighted by atomic mass is 35.5. The van der Waals surface area contributed by atoms with Gasteiger partial charge < -0.3 is 10.6 Å². The SMILES string of the molecule is CNS(=O)(=O)c1ccccc1CNc1nc(Nc2cnn(CC(F)F)c2)ncc1Cl. The number of halogens is 3. The fraction of sp³-hybridized carbons (Fsp3) is 0.235. The van der Waals surface area contributed by atoms with E-state index in [2.05, 4.69) is 30.4 Å². The van der Waals surface area contributed by atoms with E-state index in [0.29, 0.717) is 11.3 Å². The Morgan fingerprint density at radius 3 is 2.73 bits per heavy atom. The van der Waals surface area contributed by atoms with Crippen molar-refractivity contribution in [3.05, 3.63) is 53.4 Å². The molecule has 3 aromatic rings. The van der Waals surface area contributed by atoms with Crippen LogP contribution in [0.5, 0.6) is 0 Å². The first kappa shape index (κ1) is 21.9. The maximum atomic E-state index is 12.4. The van der Waals surface area contributed by atoms with E-state index in [1.807, 2.05) is 0 Å². The summed E-state index contributed by atoms with van der Waals surface area (Å²) in [5.74, 6) is 0.431. The van der Waals surface area contributed by atoms with Crippen molar-refractivity contribution in [1.29, 1.82) is 0 Å². The third kappa shape index (κ3) is 5.40.